The summed E-state index contributed by atoms with van der Waals surface area (Å²) in [7, 11) is 3.57. The second-order valence-corrected chi connectivity index (χ2v) is 4.85. The summed E-state index contributed by atoms with van der Waals surface area (Å²) in [5, 5.41) is 3.85. The fourth-order valence-electron chi connectivity index (χ4n) is 2.40. The molecule has 106 valence electrons. The zero-order chi connectivity index (χ0) is 14.8. The quantitative estimate of drug-likeness (QED) is 0.798. The van der Waals surface area contributed by atoms with Crippen molar-refractivity contribution >= 4 is 22.5 Å². The van der Waals surface area contributed by atoms with E-state index in [0.717, 1.165) is 10.9 Å². The van der Waals surface area contributed by atoms with Gasteiger partial charge in [0.05, 0.1) is 7.11 Å². The molecule has 0 unspecified atom stereocenters. The first-order chi connectivity index (χ1) is 10.2. The zero-order valence-corrected chi connectivity index (χ0v) is 12.0. The summed E-state index contributed by atoms with van der Waals surface area (Å²) >= 11 is 0. The number of methoxy groups -OCH3 is 1. The van der Waals surface area contributed by atoms with E-state index in [1.165, 1.54) is 0 Å². The Morgan fingerprint density at radius 2 is 1.95 bits per heavy atom. The molecule has 1 aromatic heterocycles. The highest BCUT2D eigenvalue weighted by atomic mass is 16.5. The molecule has 0 aliphatic heterocycles. The summed E-state index contributed by atoms with van der Waals surface area (Å²) in [4.78, 5) is 12.5. The van der Waals surface area contributed by atoms with Crippen LogP contribution >= 0.6 is 0 Å². The van der Waals surface area contributed by atoms with Gasteiger partial charge in [-0.15, -0.1) is 0 Å². The van der Waals surface area contributed by atoms with Crippen LogP contribution in [0, 0.1) is 0 Å². The van der Waals surface area contributed by atoms with E-state index >= 15 is 0 Å². The summed E-state index contributed by atoms with van der Waals surface area (Å²) in [6.07, 6.45) is 1.95. The molecular formula is C17H16N2O2. The van der Waals surface area contributed by atoms with Crippen molar-refractivity contribution in [3.8, 4) is 5.75 Å². The number of rotatable bonds is 3. The minimum absolute atomic E-state index is 0.125. The van der Waals surface area contributed by atoms with Gasteiger partial charge in [-0.2, -0.15) is 0 Å². The molecule has 0 fully saturated rings. The lowest BCUT2D eigenvalue weighted by Gasteiger charge is -2.08. The SMILES string of the molecule is COc1cccc(NC(=O)c2cccc3c2ccn3C)c1. The average molecular weight is 280 g/mol. The van der Waals surface area contributed by atoms with Crippen molar-refractivity contribution in [2.24, 2.45) is 7.05 Å². The number of nitrogens with one attached hydrogen (secondary N) is 1. The van der Waals surface area contributed by atoms with Crippen LogP contribution in [0.2, 0.25) is 0 Å². The lowest BCUT2D eigenvalue weighted by atomic mass is 10.1. The Bertz CT molecular complexity index is 805. The lowest BCUT2D eigenvalue weighted by Crippen LogP contribution is -2.12. The van der Waals surface area contributed by atoms with Gasteiger partial charge < -0.3 is 14.6 Å². The Labute approximate surface area is 123 Å². The molecule has 3 rings (SSSR count). The maximum Gasteiger partial charge on any atom is 0.256 e. The highest BCUT2D eigenvalue weighted by molar-refractivity contribution is 6.12. The molecule has 0 atom stereocenters. The predicted octanol–water partition coefficient (Wildman–Crippen LogP) is 3.44. The van der Waals surface area contributed by atoms with Gasteiger partial charge in [0.1, 0.15) is 5.75 Å². The van der Waals surface area contributed by atoms with Gasteiger partial charge in [0, 0.05) is 41.5 Å². The number of aromatic nitrogens is 1. The second-order valence-electron chi connectivity index (χ2n) is 4.85. The number of hydrogen-bond acceptors (Lipinski definition) is 2. The Balaban J connectivity index is 1.93. The molecule has 0 aliphatic rings. The summed E-state index contributed by atoms with van der Waals surface area (Å²) in [6, 6.07) is 15.0. The molecular weight excluding hydrogens is 264 g/mol. The van der Waals surface area contributed by atoms with Crippen molar-refractivity contribution in [1.29, 1.82) is 0 Å². The van der Waals surface area contributed by atoms with Crippen molar-refractivity contribution in [3.63, 3.8) is 0 Å². The molecule has 0 saturated heterocycles. The minimum Gasteiger partial charge on any atom is -0.497 e. The maximum atomic E-state index is 12.5. The first kappa shape index (κ1) is 13.2. The number of fused-ring (bicyclic) bond motifs is 1. The van der Waals surface area contributed by atoms with Crippen LogP contribution in [-0.4, -0.2) is 17.6 Å². The monoisotopic (exact) mass is 280 g/mol. The van der Waals surface area contributed by atoms with E-state index in [0.29, 0.717) is 17.0 Å². The van der Waals surface area contributed by atoms with Crippen LogP contribution in [0.25, 0.3) is 10.9 Å². The topological polar surface area (TPSA) is 43.3 Å². The zero-order valence-electron chi connectivity index (χ0n) is 12.0. The van der Waals surface area contributed by atoms with E-state index in [1.54, 1.807) is 13.2 Å². The third-order valence-electron chi connectivity index (χ3n) is 3.50. The average Bonchev–Trinajstić information content (AvgIpc) is 2.89. The third-order valence-corrected chi connectivity index (χ3v) is 3.50. The van der Waals surface area contributed by atoms with Crippen molar-refractivity contribution < 1.29 is 9.53 Å². The maximum absolute atomic E-state index is 12.5. The number of aryl methyl sites for hydroxylation is 1. The summed E-state index contributed by atoms with van der Waals surface area (Å²) in [5.41, 5.74) is 2.41. The fourth-order valence-corrected chi connectivity index (χ4v) is 2.40. The fraction of sp³-hybridized carbons (Fsp3) is 0.118. The number of carbonyl (C=O) groups is 1. The Morgan fingerprint density at radius 3 is 2.76 bits per heavy atom. The highest BCUT2D eigenvalue weighted by Gasteiger charge is 2.11. The van der Waals surface area contributed by atoms with E-state index in [-0.39, 0.29) is 5.91 Å². The lowest BCUT2D eigenvalue weighted by molar-refractivity contribution is 0.102. The Hall–Kier alpha value is -2.75. The van der Waals surface area contributed by atoms with Gasteiger partial charge in [0.2, 0.25) is 0 Å². The first-order valence-electron chi connectivity index (χ1n) is 6.68. The second kappa shape index (κ2) is 5.32. The molecule has 1 heterocycles. The number of hydrogen-bond donors (Lipinski definition) is 1. The van der Waals surface area contributed by atoms with Gasteiger partial charge in [0.15, 0.2) is 0 Å². The number of benzene rings is 2. The molecule has 1 N–H and O–H groups in total. The smallest absolute Gasteiger partial charge is 0.256 e. The summed E-state index contributed by atoms with van der Waals surface area (Å²) < 4.78 is 7.16. The molecule has 0 spiro atoms. The summed E-state index contributed by atoms with van der Waals surface area (Å²) in [5.74, 6) is 0.589. The van der Waals surface area contributed by atoms with Crippen LogP contribution in [0.1, 0.15) is 10.4 Å². The molecule has 3 aromatic rings. The van der Waals surface area contributed by atoms with Crippen LogP contribution in [0.5, 0.6) is 5.75 Å². The molecule has 0 bridgehead atoms. The Morgan fingerprint density at radius 1 is 1.14 bits per heavy atom. The van der Waals surface area contributed by atoms with Crippen molar-refractivity contribution in [2.75, 3.05) is 12.4 Å². The van der Waals surface area contributed by atoms with E-state index in [9.17, 15) is 4.79 Å². The van der Waals surface area contributed by atoms with E-state index < -0.39 is 0 Å². The van der Waals surface area contributed by atoms with Gasteiger partial charge in [-0.25, -0.2) is 0 Å². The summed E-state index contributed by atoms with van der Waals surface area (Å²) in [6.45, 7) is 0. The molecule has 1 amide bonds. The molecule has 0 radical (unpaired) electrons. The van der Waals surface area contributed by atoms with Gasteiger partial charge in [-0.05, 0) is 30.3 Å². The van der Waals surface area contributed by atoms with Crippen LogP contribution in [-0.2, 0) is 7.05 Å². The van der Waals surface area contributed by atoms with Crippen molar-refractivity contribution in [3.05, 3.63) is 60.3 Å². The standard InChI is InChI=1S/C17H16N2O2/c1-19-10-9-14-15(7-4-8-16(14)19)17(20)18-12-5-3-6-13(11-12)21-2/h3-11H,1-2H3,(H,18,20). The van der Waals surface area contributed by atoms with Crippen LogP contribution in [0.3, 0.4) is 0 Å². The Kier molecular flexibility index (Phi) is 3.36. The normalized spacial score (nSPS) is 10.6. The van der Waals surface area contributed by atoms with Crippen LogP contribution in [0.15, 0.2) is 54.7 Å². The van der Waals surface area contributed by atoms with Gasteiger partial charge >= 0.3 is 0 Å². The van der Waals surface area contributed by atoms with Crippen LogP contribution < -0.4 is 10.1 Å². The van der Waals surface area contributed by atoms with Crippen molar-refractivity contribution in [1.82, 2.24) is 4.57 Å². The number of amides is 1. The number of nitrogens with zero attached hydrogens (tertiary/aromatic N) is 1. The molecule has 0 saturated carbocycles. The van der Waals surface area contributed by atoms with Crippen molar-refractivity contribution in [2.45, 2.75) is 0 Å². The highest BCUT2D eigenvalue weighted by Crippen LogP contribution is 2.22. The van der Waals surface area contributed by atoms with Gasteiger partial charge in [-0.3, -0.25) is 4.79 Å². The number of ether oxygens (including phenoxy) is 1. The van der Waals surface area contributed by atoms with Crippen LogP contribution in [0.4, 0.5) is 5.69 Å². The van der Waals surface area contributed by atoms with Gasteiger partial charge in [-0.1, -0.05) is 12.1 Å². The predicted molar refractivity (Wildman–Crippen MR) is 83.9 cm³/mol. The number of anilines is 1. The number of carbonyl (C=O) groups excluding carboxylic acids is 1. The first-order valence-corrected chi connectivity index (χ1v) is 6.68. The minimum atomic E-state index is -0.125. The molecule has 21 heavy (non-hydrogen) atoms. The van der Waals surface area contributed by atoms with E-state index in [2.05, 4.69) is 5.32 Å². The molecule has 4 nitrogen and oxygen atoms in total. The van der Waals surface area contributed by atoms with E-state index in [1.807, 2.05) is 60.3 Å². The van der Waals surface area contributed by atoms with Gasteiger partial charge in [0.25, 0.3) is 5.91 Å². The third kappa shape index (κ3) is 2.48. The largest absolute Gasteiger partial charge is 0.497 e. The molecule has 4 heteroatoms. The molecule has 0 aliphatic carbocycles. The van der Waals surface area contributed by atoms with E-state index in [4.69, 9.17) is 4.74 Å². The molecule has 2 aromatic carbocycles.